The Hall–Kier alpha value is -1.91. The molecule has 4 nitrogen and oxygen atoms in total. The van der Waals surface area contributed by atoms with Gasteiger partial charge in [-0.15, -0.1) is 0 Å². The zero-order valence-electron chi connectivity index (χ0n) is 16.6. The number of carbonyl (C=O) groups is 1. The van der Waals surface area contributed by atoms with Crippen LogP contribution < -0.4 is 0 Å². The van der Waals surface area contributed by atoms with Gasteiger partial charge in [0, 0.05) is 18.3 Å². The first-order valence-corrected chi connectivity index (χ1v) is 10.5. The van der Waals surface area contributed by atoms with E-state index in [1.807, 2.05) is 24.3 Å². The number of fused-ring (bicyclic) bond motifs is 2. The second kappa shape index (κ2) is 10.0. The van der Waals surface area contributed by atoms with Crippen LogP contribution in [0.3, 0.4) is 0 Å². The highest BCUT2D eigenvalue weighted by atomic mass is 16.5. The Balaban J connectivity index is 1.54. The second-order valence-corrected chi connectivity index (χ2v) is 8.10. The minimum absolute atomic E-state index is 0.0598. The number of rotatable bonds is 10. The van der Waals surface area contributed by atoms with Crippen LogP contribution in [-0.2, 0) is 9.53 Å². The maximum atomic E-state index is 10.6. The van der Waals surface area contributed by atoms with Crippen molar-refractivity contribution >= 4 is 5.97 Å². The summed E-state index contributed by atoms with van der Waals surface area (Å²) in [6.45, 7) is 2.05. The molecule has 0 amide bonds. The number of carboxylic acids is 1. The van der Waals surface area contributed by atoms with Crippen LogP contribution in [0.15, 0.2) is 54.6 Å². The summed E-state index contributed by atoms with van der Waals surface area (Å²) in [6.07, 6.45) is 13.4. The molecular weight excluding hydrogens is 352 g/mol. The van der Waals surface area contributed by atoms with E-state index >= 15 is 0 Å². The van der Waals surface area contributed by atoms with Gasteiger partial charge in [0.25, 0.3) is 0 Å². The predicted molar refractivity (Wildman–Crippen MR) is 110 cm³/mol. The van der Waals surface area contributed by atoms with E-state index in [-0.39, 0.29) is 18.4 Å². The van der Waals surface area contributed by atoms with Crippen molar-refractivity contribution in [2.45, 2.75) is 69.7 Å². The maximum Gasteiger partial charge on any atom is 0.303 e. The first kappa shape index (κ1) is 20.8. The van der Waals surface area contributed by atoms with Crippen LogP contribution in [0.2, 0.25) is 0 Å². The van der Waals surface area contributed by atoms with Gasteiger partial charge in [-0.3, -0.25) is 4.79 Å². The monoisotopic (exact) mass is 384 g/mol. The Labute approximate surface area is 167 Å². The highest BCUT2D eigenvalue weighted by molar-refractivity contribution is 5.66. The molecule has 2 aliphatic heterocycles. The Morgan fingerprint density at radius 2 is 1.96 bits per heavy atom. The fraction of sp³-hybridized carbons (Fsp3) is 0.542. The third kappa shape index (κ3) is 5.33. The van der Waals surface area contributed by atoms with Crippen LogP contribution in [-0.4, -0.2) is 34.5 Å². The Kier molecular flexibility index (Phi) is 7.46. The van der Waals surface area contributed by atoms with E-state index in [0.717, 1.165) is 31.2 Å². The zero-order chi connectivity index (χ0) is 19.9. The molecule has 4 heteroatoms. The summed E-state index contributed by atoms with van der Waals surface area (Å²) >= 11 is 0. The summed E-state index contributed by atoms with van der Waals surface area (Å²) < 4.78 is 6.14. The van der Waals surface area contributed by atoms with Crippen molar-refractivity contribution in [3.8, 4) is 0 Å². The van der Waals surface area contributed by atoms with E-state index in [0.29, 0.717) is 24.4 Å². The molecule has 1 aromatic carbocycles. The first-order valence-electron chi connectivity index (χ1n) is 10.5. The fourth-order valence-electron chi connectivity index (χ4n) is 4.49. The largest absolute Gasteiger partial charge is 0.481 e. The molecule has 0 radical (unpaired) electrons. The lowest BCUT2D eigenvalue weighted by atomic mass is 9.77. The van der Waals surface area contributed by atoms with Crippen LogP contribution in [0.1, 0.15) is 56.9 Å². The Morgan fingerprint density at radius 1 is 1.21 bits per heavy atom. The number of aliphatic hydroxyl groups is 1. The third-order valence-electron chi connectivity index (χ3n) is 6.19. The molecule has 2 bridgehead atoms. The molecule has 2 saturated heterocycles. The van der Waals surface area contributed by atoms with Gasteiger partial charge >= 0.3 is 5.97 Å². The van der Waals surface area contributed by atoms with Gasteiger partial charge in [-0.25, -0.2) is 0 Å². The zero-order valence-corrected chi connectivity index (χ0v) is 16.6. The number of carboxylic acid groups (broad SMARTS) is 1. The van der Waals surface area contributed by atoms with Gasteiger partial charge in [0.2, 0.25) is 0 Å². The first-order chi connectivity index (χ1) is 13.6. The molecule has 2 unspecified atom stereocenters. The van der Waals surface area contributed by atoms with Gasteiger partial charge in [0.15, 0.2) is 0 Å². The second-order valence-electron chi connectivity index (χ2n) is 8.10. The minimum atomic E-state index is -0.733. The topological polar surface area (TPSA) is 66.8 Å². The van der Waals surface area contributed by atoms with Gasteiger partial charge < -0.3 is 14.9 Å². The van der Waals surface area contributed by atoms with E-state index in [9.17, 15) is 9.90 Å². The summed E-state index contributed by atoms with van der Waals surface area (Å²) in [7, 11) is 0. The van der Waals surface area contributed by atoms with Crippen LogP contribution in [0.25, 0.3) is 0 Å². The van der Waals surface area contributed by atoms with E-state index in [2.05, 4.69) is 37.3 Å². The lowest BCUT2D eigenvalue weighted by Gasteiger charge is -2.25. The Morgan fingerprint density at radius 3 is 2.71 bits per heavy atom. The molecule has 0 aromatic heterocycles. The highest BCUT2D eigenvalue weighted by Crippen LogP contribution is 2.46. The molecule has 0 saturated carbocycles. The van der Waals surface area contributed by atoms with E-state index in [1.54, 1.807) is 0 Å². The minimum Gasteiger partial charge on any atom is -0.481 e. The number of benzene rings is 1. The average molecular weight is 385 g/mol. The lowest BCUT2D eigenvalue weighted by molar-refractivity contribution is -0.137. The van der Waals surface area contributed by atoms with Crippen LogP contribution >= 0.6 is 0 Å². The van der Waals surface area contributed by atoms with Gasteiger partial charge in [0.1, 0.15) is 0 Å². The van der Waals surface area contributed by atoms with Crippen molar-refractivity contribution in [2.24, 2.45) is 11.8 Å². The lowest BCUT2D eigenvalue weighted by Crippen LogP contribution is -2.26. The predicted octanol–water partition coefficient (Wildman–Crippen LogP) is 4.70. The van der Waals surface area contributed by atoms with Gasteiger partial charge in [-0.1, -0.05) is 61.6 Å². The van der Waals surface area contributed by atoms with Crippen LogP contribution in [0.5, 0.6) is 0 Å². The number of aliphatic hydroxyl groups excluding tert-OH is 1. The summed E-state index contributed by atoms with van der Waals surface area (Å²) in [5.41, 5.74) is 1.14. The van der Waals surface area contributed by atoms with Crippen molar-refractivity contribution in [2.75, 3.05) is 0 Å². The third-order valence-corrected chi connectivity index (χ3v) is 6.19. The molecule has 2 N–H and O–H groups in total. The van der Waals surface area contributed by atoms with Gasteiger partial charge in [-0.2, -0.15) is 0 Å². The normalized spacial score (nSPS) is 28.9. The fourth-order valence-corrected chi connectivity index (χ4v) is 4.49. The molecule has 0 aliphatic carbocycles. The Bertz CT molecular complexity index is 681. The van der Waals surface area contributed by atoms with Crippen LogP contribution in [0.4, 0.5) is 0 Å². The number of hydrogen-bond donors (Lipinski definition) is 2. The van der Waals surface area contributed by atoms with Crippen molar-refractivity contribution in [1.29, 1.82) is 0 Å². The number of unbranched alkanes of at least 4 members (excludes halogenated alkanes) is 1. The van der Waals surface area contributed by atoms with Crippen LogP contribution in [0, 0.1) is 11.8 Å². The van der Waals surface area contributed by atoms with Crippen molar-refractivity contribution in [1.82, 2.24) is 0 Å². The molecule has 2 aliphatic rings. The maximum absolute atomic E-state index is 10.6. The molecule has 3 rings (SSSR count). The molecule has 2 fully saturated rings. The SMILES string of the molecule is CC(c1ccccc1)C(O)/C=C/[C@H]1[C@@H](C/C=C\CCCC(=O)O)[C@@H]2CC[C@@H]1O2. The molecule has 152 valence electrons. The summed E-state index contributed by atoms with van der Waals surface area (Å²) in [6, 6.07) is 10.1. The van der Waals surface area contributed by atoms with Gasteiger partial charge in [0.05, 0.1) is 18.3 Å². The standard InChI is InChI=1S/C24H32O4/c1-17(18-9-5-4-6-10-18)21(25)14-13-20-19(22-15-16-23(20)28-22)11-7-2-3-8-12-24(26)27/h2,4-7,9-10,13-14,17,19-23,25H,3,8,11-12,15-16H2,1H3,(H,26,27)/b7-2-,14-13+/t17?,19-,20+,21?,22+,23+/m1/s1. The molecule has 1 aromatic rings. The molecule has 6 atom stereocenters. The number of aliphatic carboxylic acids is 1. The van der Waals surface area contributed by atoms with Crippen molar-refractivity contribution < 1.29 is 19.7 Å². The molecule has 2 heterocycles. The summed E-state index contributed by atoms with van der Waals surface area (Å²) in [5, 5.41) is 19.3. The quantitative estimate of drug-likeness (QED) is 0.453. The molecule has 0 spiro atoms. The number of ether oxygens (including phenoxy) is 1. The molecular formula is C24H32O4. The number of allylic oxidation sites excluding steroid dienone is 2. The summed E-state index contributed by atoms with van der Waals surface area (Å²) in [4.78, 5) is 10.6. The van der Waals surface area contributed by atoms with Crippen molar-refractivity contribution in [3.05, 3.63) is 60.2 Å². The molecule has 28 heavy (non-hydrogen) atoms. The van der Waals surface area contributed by atoms with Crippen molar-refractivity contribution in [3.63, 3.8) is 0 Å². The van der Waals surface area contributed by atoms with E-state index < -0.39 is 12.1 Å². The highest BCUT2D eigenvalue weighted by Gasteiger charge is 2.46. The smallest absolute Gasteiger partial charge is 0.303 e. The average Bonchev–Trinajstić information content (AvgIpc) is 3.30. The van der Waals surface area contributed by atoms with E-state index in [4.69, 9.17) is 9.84 Å². The van der Waals surface area contributed by atoms with Gasteiger partial charge in [-0.05, 0) is 43.6 Å². The summed E-state index contributed by atoms with van der Waals surface area (Å²) in [5.74, 6) is 0.123. The number of hydrogen-bond acceptors (Lipinski definition) is 3. The van der Waals surface area contributed by atoms with E-state index in [1.165, 1.54) is 0 Å².